The first-order chi connectivity index (χ1) is 16.3. The monoisotopic (exact) mass is 511 g/mol. The molecule has 0 atom stereocenters. The van der Waals surface area contributed by atoms with Gasteiger partial charge in [0.25, 0.3) is 0 Å². The first kappa shape index (κ1) is 24.5. The summed E-state index contributed by atoms with van der Waals surface area (Å²) >= 11 is 2.47. The van der Waals surface area contributed by atoms with Gasteiger partial charge >= 0.3 is 12.1 Å². The summed E-state index contributed by atoms with van der Waals surface area (Å²) in [5.74, 6) is -0.363. The summed E-state index contributed by atoms with van der Waals surface area (Å²) in [7, 11) is 0. The zero-order valence-corrected chi connectivity index (χ0v) is 20.1. The molecule has 0 aliphatic heterocycles. The standard InChI is InChI=1S/C23H24F3N3O3S2/c1-2-31-21(30)18-13-33-20(28-18)17-12-34-22(29-17)27-15-8-9-19(16(10-15)23(24,25)26)32-11-14-6-4-3-5-7-14/h8-10,12-14H,2-7,11H2,1H3,(H,27,29). The molecule has 1 aliphatic rings. The average molecular weight is 512 g/mol. The zero-order chi connectivity index (χ0) is 24.1. The van der Waals surface area contributed by atoms with Gasteiger partial charge in [0, 0.05) is 16.4 Å². The number of anilines is 2. The van der Waals surface area contributed by atoms with E-state index in [2.05, 4.69) is 15.3 Å². The van der Waals surface area contributed by atoms with Crippen molar-refractivity contribution in [3.63, 3.8) is 0 Å². The number of carbonyl (C=O) groups excluding carboxylic acids is 1. The number of rotatable bonds is 8. The van der Waals surface area contributed by atoms with Crippen molar-refractivity contribution in [3.05, 3.63) is 40.2 Å². The van der Waals surface area contributed by atoms with Crippen LogP contribution in [-0.2, 0) is 10.9 Å². The van der Waals surface area contributed by atoms with Gasteiger partial charge in [-0.1, -0.05) is 19.3 Å². The number of carbonyl (C=O) groups is 1. The Morgan fingerprint density at radius 3 is 2.68 bits per heavy atom. The summed E-state index contributed by atoms with van der Waals surface area (Å²) in [5, 5.41) is 7.17. The molecule has 4 rings (SSSR count). The van der Waals surface area contributed by atoms with Crippen LogP contribution in [0.25, 0.3) is 10.7 Å². The number of thiazole rings is 2. The summed E-state index contributed by atoms with van der Waals surface area (Å²) in [5.41, 5.74) is 0.160. The lowest BCUT2D eigenvalue weighted by atomic mass is 9.90. The van der Waals surface area contributed by atoms with E-state index < -0.39 is 17.7 Å². The molecule has 34 heavy (non-hydrogen) atoms. The Kier molecular flexibility index (Phi) is 7.72. The van der Waals surface area contributed by atoms with E-state index >= 15 is 0 Å². The van der Waals surface area contributed by atoms with Gasteiger partial charge in [0.1, 0.15) is 16.5 Å². The maximum atomic E-state index is 13.7. The molecule has 1 N–H and O–H groups in total. The minimum absolute atomic E-state index is 0.155. The van der Waals surface area contributed by atoms with Crippen molar-refractivity contribution in [3.8, 4) is 16.5 Å². The van der Waals surface area contributed by atoms with E-state index in [0.717, 1.165) is 31.7 Å². The van der Waals surface area contributed by atoms with E-state index in [-0.39, 0.29) is 23.7 Å². The fourth-order valence-electron chi connectivity index (χ4n) is 3.76. The predicted octanol–water partition coefficient (Wildman–Crippen LogP) is 7.16. The molecular formula is C23H24F3N3O3S2. The highest BCUT2D eigenvalue weighted by molar-refractivity contribution is 7.15. The number of halogens is 3. The number of nitrogens with one attached hydrogen (secondary N) is 1. The van der Waals surface area contributed by atoms with Crippen LogP contribution in [0.3, 0.4) is 0 Å². The second-order valence-corrected chi connectivity index (χ2v) is 9.66. The largest absolute Gasteiger partial charge is 0.493 e. The third-order valence-electron chi connectivity index (χ3n) is 5.45. The number of benzene rings is 1. The van der Waals surface area contributed by atoms with Gasteiger partial charge in [-0.25, -0.2) is 14.8 Å². The Morgan fingerprint density at radius 1 is 1.15 bits per heavy atom. The number of nitrogens with zero attached hydrogens (tertiary/aromatic N) is 2. The minimum Gasteiger partial charge on any atom is -0.493 e. The summed E-state index contributed by atoms with van der Waals surface area (Å²) in [6, 6.07) is 3.95. The van der Waals surface area contributed by atoms with Crippen LogP contribution in [0.15, 0.2) is 29.0 Å². The third kappa shape index (κ3) is 6.06. The van der Waals surface area contributed by atoms with Crippen LogP contribution >= 0.6 is 22.7 Å². The lowest BCUT2D eigenvalue weighted by Crippen LogP contribution is -2.17. The Balaban J connectivity index is 1.46. The minimum atomic E-state index is -4.54. The van der Waals surface area contributed by atoms with Gasteiger partial charge in [-0.2, -0.15) is 13.2 Å². The fraction of sp³-hybridized carbons (Fsp3) is 0.435. The first-order valence-corrected chi connectivity index (χ1v) is 12.8. The Bertz CT molecular complexity index is 1120. The van der Waals surface area contributed by atoms with Crippen molar-refractivity contribution in [2.75, 3.05) is 18.5 Å². The maximum Gasteiger partial charge on any atom is 0.420 e. The maximum absolute atomic E-state index is 13.7. The van der Waals surface area contributed by atoms with Crippen LogP contribution in [0.5, 0.6) is 5.75 Å². The molecule has 0 radical (unpaired) electrons. The smallest absolute Gasteiger partial charge is 0.420 e. The van der Waals surface area contributed by atoms with Crippen LogP contribution in [0.4, 0.5) is 24.0 Å². The van der Waals surface area contributed by atoms with Gasteiger partial charge < -0.3 is 14.8 Å². The molecule has 11 heteroatoms. The highest BCUT2D eigenvalue weighted by Gasteiger charge is 2.35. The van der Waals surface area contributed by atoms with Crippen LogP contribution in [0.1, 0.15) is 55.1 Å². The van der Waals surface area contributed by atoms with Gasteiger partial charge in [0.15, 0.2) is 10.8 Å². The molecule has 2 heterocycles. The average Bonchev–Trinajstić information content (AvgIpc) is 3.48. The highest BCUT2D eigenvalue weighted by atomic mass is 32.1. The molecule has 6 nitrogen and oxygen atoms in total. The van der Waals surface area contributed by atoms with E-state index in [1.165, 1.54) is 35.2 Å². The van der Waals surface area contributed by atoms with Crippen molar-refractivity contribution in [1.29, 1.82) is 0 Å². The summed E-state index contributed by atoms with van der Waals surface area (Å²) in [4.78, 5) is 20.4. The molecule has 0 unspecified atom stereocenters. The SMILES string of the molecule is CCOC(=O)c1csc(-c2csc(Nc3ccc(OCC4CCCCC4)c(C(F)(F)F)c3)n2)n1. The number of ether oxygens (including phenoxy) is 2. The number of hydrogen-bond acceptors (Lipinski definition) is 8. The van der Waals surface area contributed by atoms with Gasteiger partial charge in [0.2, 0.25) is 0 Å². The van der Waals surface area contributed by atoms with E-state index in [0.29, 0.717) is 28.4 Å². The molecule has 1 fully saturated rings. The Labute approximate surface area is 203 Å². The van der Waals surface area contributed by atoms with Crippen molar-refractivity contribution >= 4 is 39.5 Å². The second-order valence-electron chi connectivity index (χ2n) is 7.95. The molecule has 0 bridgehead atoms. The summed E-state index contributed by atoms with van der Waals surface area (Å²) < 4.78 is 51.7. The van der Waals surface area contributed by atoms with Crippen LogP contribution in [0.2, 0.25) is 0 Å². The van der Waals surface area contributed by atoms with Gasteiger partial charge in [-0.05, 0) is 43.9 Å². The van der Waals surface area contributed by atoms with E-state index in [1.807, 2.05) is 0 Å². The second kappa shape index (κ2) is 10.7. The van der Waals surface area contributed by atoms with Crippen LogP contribution in [-0.4, -0.2) is 29.2 Å². The molecule has 0 spiro atoms. The van der Waals surface area contributed by atoms with Crippen molar-refractivity contribution in [2.24, 2.45) is 5.92 Å². The zero-order valence-electron chi connectivity index (χ0n) is 18.5. The molecule has 1 aromatic carbocycles. The molecule has 0 amide bonds. The van der Waals surface area contributed by atoms with E-state index in [9.17, 15) is 18.0 Å². The summed E-state index contributed by atoms with van der Waals surface area (Å²) in [6.45, 7) is 2.26. The van der Waals surface area contributed by atoms with Crippen molar-refractivity contribution in [2.45, 2.75) is 45.2 Å². The number of alkyl halides is 3. The predicted molar refractivity (Wildman–Crippen MR) is 126 cm³/mol. The van der Waals surface area contributed by atoms with Gasteiger partial charge in [-0.15, -0.1) is 22.7 Å². The number of esters is 1. The topological polar surface area (TPSA) is 73.3 Å². The Morgan fingerprint density at radius 2 is 1.94 bits per heavy atom. The van der Waals surface area contributed by atoms with Crippen LogP contribution < -0.4 is 10.1 Å². The normalized spacial score (nSPS) is 14.7. The van der Waals surface area contributed by atoms with Gasteiger partial charge in [0.05, 0.1) is 18.8 Å². The molecule has 3 aromatic rings. The fourth-order valence-corrected chi connectivity index (χ4v) is 5.30. The number of aromatic nitrogens is 2. The van der Waals surface area contributed by atoms with Crippen LogP contribution in [0, 0.1) is 5.92 Å². The highest BCUT2D eigenvalue weighted by Crippen LogP contribution is 2.39. The molecular weight excluding hydrogens is 487 g/mol. The Hall–Kier alpha value is -2.66. The van der Waals surface area contributed by atoms with Crippen molar-refractivity contribution in [1.82, 2.24) is 9.97 Å². The molecule has 2 aromatic heterocycles. The first-order valence-electron chi connectivity index (χ1n) is 11.0. The molecule has 0 saturated heterocycles. The lowest BCUT2D eigenvalue weighted by molar-refractivity contribution is -0.139. The quantitative estimate of drug-likeness (QED) is 0.323. The molecule has 1 aliphatic carbocycles. The van der Waals surface area contributed by atoms with Gasteiger partial charge in [-0.3, -0.25) is 0 Å². The molecule has 182 valence electrons. The third-order valence-corrected chi connectivity index (χ3v) is 7.07. The lowest BCUT2D eigenvalue weighted by Gasteiger charge is -2.23. The molecule has 1 saturated carbocycles. The van der Waals surface area contributed by atoms with E-state index in [4.69, 9.17) is 9.47 Å². The van der Waals surface area contributed by atoms with E-state index in [1.54, 1.807) is 23.8 Å². The van der Waals surface area contributed by atoms with Crippen molar-refractivity contribution < 1.29 is 27.4 Å². The summed E-state index contributed by atoms with van der Waals surface area (Å²) in [6.07, 6.45) is 0.825. The number of hydrogen-bond donors (Lipinski definition) is 1.